The van der Waals surface area contributed by atoms with Crippen LogP contribution in [-0.4, -0.2) is 26.6 Å². The summed E-state index contributed by atoms with van der Waals surface area (Å²) in [5.41, 5.74) is 7.78. The molecule has 0 saturated carbocycles. The number of aromatic nitrogens is 2. The zero-order valence-corrected chi connectivity index (χ0v) is 19.7. The van der Waals surface area contributed by atoms with Gasteiger partial charge in [0.05, 0.1) is 5.97 Å². The number of aryl methyl sites for hydroxylation is 2. The Balaban J connectivity index is 0.00000300. The van der Waals surface area contributed by atoms with Gasteiger partial charge in [0.15, 0.2) is 5.78 Å². The number of aromatic hydroxyl groups is 1. The van der Waals surface area contributed by atoms with Gasteiger partial charge in [-0.2, -0.15) is 0 Å². The molecule has 2 aromatic heterocycles. The number of nitrogens with two attached hydrogens (primary N) is 1. The molecule has 0 radical (unpaired) electrons. The minimum atomic E-state index is -1.48. The van der Waals surface area contributed by atoms with Gasteiger partial charge in [-0.3, -0.25) is 4.79 Å². The van der Waals surface area contributed by atoms with E-state index in [1.54, 1.807) is 31.3 Å². The summed E-state index contributed by atoms with van der Waals surface area (Å²) < 4.78 is 6.82. The van der Waals surface area contributed by atoms with Crippen molar-refractivity contribution in [2.75, 3.05) is 5.73 Å². The number of carboxylic acid groups (broad SMARTS) is 1. The zero-order chi connectivity index (χ0) is 20.4. The molecule has 0 amide bonds. The second-order valence-corrected chi connectivity index (χ2v) is 6.46. The first kappa shape index (κ1) is 23.4. The van der Waals surface area contributed by atoms with Crippen LogP contribution in [0.4, 0.5) is 5.82 Å². The second kappa shape index (κ2) is 9.73. The normalized spacial score (nSPS) is 10.6. The maximum Gasteiger partial charge on any atom is 1.00 e. The average molecular weight is 421 g/mol. The van der Waals surface area contributed by atoms with Crippen molar-refractivity contribution in [3.05, 3.63) is 52.9 Å². The van der Waals surface area contributed by atoms with Crippen LogP contribution in [0.2, 0.25) is 0 Å². The predicted octanol–water partition coefficient (Wildman–Crippen LogP) is -1.29. The summed E-state index contributed by atoms with van der Waals surface area (Å²) in [5.74, 6) is -1.15. The monoisotopic (exact) mass is 421 g/mol. The summed E-state index contributed by atoms with van der Waals surface area (Å²) >= 11 is 0. The minimum Gasteiger partial charge on any atom is -0.545 e. The quantitative estimate of drug-likeness (QED) is 0.358. The Kier molecular flexibility index (Phi) is 7.84. The number of carbonyl (C=O) groups excluding carboxylic acids is 2. The molecule has 0 bridgehead atoms. The van der Waals surface area contributed by atoms with Crippen LogP contribution in [0, 0.1) is 0 Å². The molecule has 0 aliphatic rings. The van der Waals surface area contributed by atoms with Gasteiger partial charge in [-0.05, 0) is 30.7 Å². The van der Waals surface area contributed by atoms with Crippen LogP contribution in [-0.2, 0) is 19.9 Å². The number of ketones is 1. The van der Waals surface area contributed by atoms with Gasteiger partial charge in [0.2, 0.25) is 0 Å². The van der Waals surface area contributed by atoms with Crippen LogP contribution in [0.25, 0.3) is 11.3 Å². The van der Waals surface area contributed by atoms with Crippen LogP contribution in [0.1, 0.15) is 45.4 Å². The average Bonchev–Trinajstić information content (AvgIpc) is 3.21. The molecule has 0 aliphatic carbocycles. The summed E-state index contributed by atoms with van der Waals surface area (Å²) in [7, 11) is 1.56. The van der Waals surface area contributed by atoms with Gasteiger partial charge in [0, 0.05) is 48.3 Å². The van der Waals surface area contributed by atoms with Gasteiger partial charge < -0.3 is 29.8 Å². The number of aromatic carboxylic acids is 1. The van der Waals surface area contributed by atoms with Crippen LogP contribution in [0.3, 0.4) is 0 Å². The first-order valence-corrected chi connectivity index (χ1v) is 8.79. The number of rotatable bonds is 7. The van der Waals surface area contributed by atoms with E-state index in [9.17, 15) is 19.8 Å². The van der Waals surface area contributed by atoms with Crippen LogP contribution >= 0.6 is 0 Å². The topological polar surface area (TPSA) is 134 Å². The summed E-state index contributed by atoms with van der Waals surface area (Å²) in [6, 6.07) is 6.60. The van der Waals surface area contributed by atoms with E-state index < -0.39 is 5.97 Å². The Labute approximate surface area is 210 Å². The van der Waals surface area contributed by atoms with Gasteiger partial charge >= 0.3 is 51.4 Å². The molecule has 0 unspecified atom stereocenters. The van der Waals surface area contributed by atoms with E-state index in [0.29, 0.717) is 17.9 Å². The van der Waals surface area contributed by atoms with E-state index >= 15 is 0 Å². The van der Waals surface area contributed by atoms with E-state index in [0.717, 1.165) is 11.1 Å². The molecule has 0 spiro atoms. The molecule has 0 saturated heterocycles. The smallest absolute Gasteiger partial charge is 0.545 e. The van der Waals surface area contributed by atoms with Crippen molar-refractivity contribution in [1.82, 2.24) is 9.72 Å². The van der Waals surface area contributed by atoms with E-state index in [1.807, 2.05) is 6.92 Å². The summed E-state index contributed by atoms with van der Waals surface area (Å²) in [6.45, 7) is 1.95. The maximum atomic E-state index is 12.6. The fourth-order valence-corrected chi connectivity index (χ4v) is 3.18. The van der Waals surface area contributed by atoms with Gasteiger partial charge in [-0.1, -0.05) is 12.1 Å². The summed E-state index contributed by atoms with van der Waals surface area (Å²) in [4.78, 5) is 23.9. The van der Waals surface area contributed by atoms with Crippen LogP contribution in [0.5, 0.6) is 5.75 Å². The van der Waals surface area contributed by atoms with Gasteiger partial charge in [-0.25, -0.2) is 0 Å². The third kappa shape index (κ3) is 4.81. The summed E-state index contributed by atoms with van der Waals surface area (Å²) in [6.07, 6.45) is 2.35. The van der Waals surface area contributed by atoms with Gasteiger partial charge in [0.25, 0.3) is 0 Å². The van der Waals surface area contributed by atoms with Gasteiger partial charge in [-0.15, -0.1) is 0 Å². The number of phenols is 1. The predicted molar refractivity (Wildman–Crippen MR) is 99.8 cm³/mol. The van der Waals surface area contributed by atoms with Crippen molar-refractivity contribution in [2.24, 2.45) is 7.05 Å². The maximum absolute atomic E-state index is 12.6. The van der Waals surface area contributed by atoms with Crippen LogP contribution < -0.4 is 62.2 Å². The molecule has 8 nitrogen and oxygen atoms in total. The molecule has 1 aromatic carbocycles. The fourth-order valence-electron chi connectivity index (χ4n) is 3.18. The fraction of sp³-hybridized carbons (Fsp3) is 0.250. The van der Waals surface area contributed by atoms with Crippen molar-refractivity contribution in [3.8, 4) is 17.0 Å². The number of nitrogens with zero attached hydrogens (tertiary/aromatic N) is 2. The third-order valence-corrected chi connectivity index (χ3v) is 4.68. The molecule has 0 atom stereocenters. The Bertz CT molecular complexity index is 1040. The number of nitrogen functional groups attached to an aromatic ring is 1. The molecule has 3 N–H and O–H groups in total. The Hall–Kier alpha value is -1.91. The zero-order valence-electron chi connectivity index (χ0n) is 16.6. The number of hydrogen-bond donors (Lipinski definition) is 2. The SMILES string of the molecule is CCc1c(-c2ccc(O)cc2)noc1CCC(=O)c1cn(C)c(N)c1C(=O)[O-].[K+]. The molecule has 29 heavy (non-hydrogen) atoms. The summed E-state index contributed by atoms with van der Waals surface area (Å²) in [5, 5.41) is 24.9. The molecule has 9 heteroatoms. The molecular weight excluding hydrogens is 401 g/mol. The number of benzene rings is 1. The number of Topliss-reactive ketones (excluding diaryl/α,β-unsaturated/α-hetero) is 1. The Morgan fingerprint density at radius 2 is 1.93 bits per heavy atom. The van der Waals surface area contributed by atoms with E-state index in [1.165, 1.54) is 10.8 Å². The Morgan fingerprint density at radius 1 is 1.28 bits per heavy atom. The minimum absolute atomic E-state index is 0. The van der Waals surface area contributed by atoms with Crippen LogP contribution in [0.15, 0.2) is 35.0 Å². The van der Waals surface area contributed by atoms with Gasteiger partial charge in [0.1, 0.15) is 23.0 Å². The molecule has 3 aromatic rings. The molecule has 146 valence electrons. The number of carbonyl (C=O) groups is 2. The van der Waals surface area contributed by atoms with E-state index in [2.05, 4.69) is 5.16 Å². The Morgan fingerprint density at radius 3 is 2.52 bits per heavy atom. The second-order valence-electron chi connectivity index (χ2n) is 6.46. The number of hydrogen-bond acceptors (Lipinski definition) is 7. The third-order valence-electron chi connectivity index (χ3n) is 4.68. The van der Waals surface area contributed by atoms with E-state index in [-0.39, 0.29) is 92.7 Å². The van der Waals surface area contributed by atoms with Crippen molar-refractivity contribution in [3.63, 3.8) is 0 Å². The number of anilines is 1. The first-order chi connectivity index (χ1) is 13.3. The molecule has 0 aliphatic heterocycles. The van der Waals surface area contributed by atoms with E-state index in [4.69, 9.17) is 10.3 Å². The first-order valence-electron chi connectivity index (χ1n) is 8.79. The largest absolute Gasteiger partial charge is 1.00 e. The van der Waals surface area contributed by atoms with Crippen molar-refractivity contribution >= 4 is 17.6 Å². The number of carboxylic acids is 1. The van der Waals surface area contributed by atoms with Crippen molar-refractivity contribution in [1.29, 1.82) is 0 Å². The standard InChI is InChI=1S/C20H21N3O5.K/c1-3-13-16(28-22-18(13)11-4-6-12(24)7-5-11)9-8-15(25)14-10-23(2)19(21)17(14)20(26)27;/h4-7,10,24H,3,8-9,21H2,1-2H3,(H,26,27);/q;+1/p-1. The molecule has 0 fully saturated rings. The van der Waals surface area contributed by atoms with Crippen molar-refractivity contribution < 1.29 is 75.7 Å². The van der Waals surface area contributed by atoms with Crippen molar-refractivity contribution in [2.45, 2.75) is 26.2 Å². The molecule has 2 heterocycles. The molecule has 3 rings (SSSR count). The molecular formula is C20H20KN3O5. The number of phenolic OH excluding ortho intramolecular Hbond substituents is 1.